The minimum Gasteiger partial charge on any atom is -0.302 e. The Morgan fingerprint density at radius 2 is 1.80 bits per heavy atom. The van der Waals surface area contributed by atoms with E-state index in [0.717, 1.165) is 5.69 Å². The number of benzene rings is 1. The first-order chi connectivity index (χ1) is 12.0. The number of hydrogen-bond acceptors (Lipinski definition) is 6. The van der Waals surface area contributed by atoms with Gasteiger partial charge in [-0.2, -0.15) is 0 Å². The molecular formula is C16H13FN4O2S2. The van der Waals surface area contributed by atoms with E-state index in [1.54, 1.807) is 11.4 Å². The van der Waals surface area contributed by atoms with Crippen molar-refractivity contribution in [2.75, 3.05) is 10.6 Å². The van der Waals surface area contributed by atoms with Gasteiger partial charge in [0, 0.05) is 10.8 Å². The summed E-state index contributed by atoms with van der Waals surface area (Å²) in [5.74, 6) is -1.43. The lowest BCUT2D eigenvalue weighted by Crippen LogP contribution is -2.15. The van der Waals surface area contributed by atoms with E-state index >= 15 is 0 Å². The average Bonchev–Trinajstić information content (AvgIpc) is 3.16. The molecular weight excluding hydrogens is 363 g/mol. The summed E-state index contributed by atoms with van der Waals surface area (Å²) in [5.41, 5.74) is 1.29. The monoisotopic (exact) mass is 376 g/mol. The van der Waals surface area contributed by atoms with E-state index in [0.29, 0.717) is 16.0 Å². The number of aryl methyl sites for hydroxylation is 1. The number of nitrogens with zero attached hydrogens (tertiary/aromatic N) is 2. The van der Waals surface area contributed by atoms with Crippen molar-refractivity contribution in [3.8, 4) is 0 Å². The van der Waals surface area contributed by atoms with Crippen LogP contribution in [0.2, 0.25) is 0 Å². The number of thiazole rings is 2. The zero-order valence-corrected chi connectivity index (χ0v) is 14.7. The van der Waals surface area contributed by atoms with E-state index in [4.69, 9.17) is 0 Å². The zero-order chi connectivity index (χ0) is 17.8. The molecule has 128 valence electrons. The molecule has 2 heterocycles. The molecule has 0 atom stereocenters. The quantitative estimate of drug-likeness (QED) is 0.714. The second-order valence-corrected chi connectivity index (χ2v) is 6.81. The fourth-order valence-corrected chi connectivity index (χ4v) is 3.40. The first-order valence-electron chi connectivity index (χ1n) is 7.23. The number of hydrogen-bond donors (Lipinski definition) is 2. The Hall–Kier alpha value is -2.65. The molecule has 2 aromatic heterocycles. The van der Waals surface area contributed by atoms with Crippen molar-refractivity contribution >= 4 is 44.8 Å². The SMILES string of the molecule is Cc1csc(NC(=O)Cc2csc(NC(=O)c3ccccc3F)n2)n1. The van der Waals surface area contributed by atoms with Crippen LogP contribution in [0.1, 0.15) is 21.7 Å². The molecule has 25 heavy (non-hydrogen) atoms. The van der Waals surface area contributed by atoms with Crippen LogP contribution >= 0.6 is 22.7 Å². The lowest BCUT2D eigenvalue weighted by atomic mass is 10.2. The Labute approximate surface area is 150 Å². The molecule has 0 bridgehead atoms. The minimum absolute atomic E-state index is 0.0591. The van der Waals surface area contributed by atoms with Crippen LogP contribution in [0.15, 0.2) is 35.0 Å². The maximum absolute atomic E-state index is 13.6. The van der Waals surface area contributed by atoms with Gasteiger partial charge in [0.1, 0.15) is 5.82 Å². The number of carbonyl (C=O) groups is 2. The molecule has 0 saturated carbocycles. The van der Waals surface area contributed by atoms with Crippen LogP contribution in [0.25, 0.3) is 0 Å². The largest absolute Gasteiger partial charge is 0.302 e. The Bertz CT molecular complexity index is 922. The van der Waals surface area contributed by atoms with Crippen LogP contribution in [-0.4, -0.2) is 21.8 Å². The second kappa shape index (κ2) is 7.49. The predicted molar refractivity (Wildman–Crippen MR) is 95.7 cm³/mol. The van der Waals surface area contributed by atoms with E-state index in [-0.39, 0.29) is 17.9 Å². The standard InChI is InChI=1S/C16H13FN4O2S2/c1-9-7-24-15(18-9)20-13(22)6-10-8-25-16(19-10)21-14(23)11-4-2-3-5-12(11)17/h2-5,7-8H,6H2,1H3,(H,18,20,22)(H,19,21,23). The van der Waals surface area contributed by atoms with Gasteiger partial charge in [-0.15, -0.1) is 22.7 Å². The van der Waals surface area contributed by atoms with Gasteiger partial charge in [0.2, 0.25) is 5.91 Å². The van der Waals surface area contributed by atoms with Crippen LogP contribution < -0.4 is 10.6 Å². The van der Waals surface area contributed by atoms with Gasteiger partial charge < -0.3 is 5.32 Å². The molecule has 0 unspecified atom stereocenters. The van der Waals surface area contributed by atoms with Crippen molar-refractivity contribution in [2.24, 2.45) is 0 Å². The number of nitrogens with one attached hydrogen (secondary N) is 2. The predicted octanol–water partition coefficient (Wildman–Crippen LogP) is 3.48. The summed E-state index contributed by atoms with van der Waals surface area (Å²) < 4.78 is 13.6. The van der Waals surface area contributed by atoms with Crippen LogP contribution in [-0.2, 0) is 11.2 Å². The highest BCUT2D eigenvalue weighted by Crippen LogP contribution is 2.19. The Morgan fingerprint density at radius 3 is 2.52 bits per heavy atom. The van der Waals surface area contributed by atoms with Crippen LogP contribution in [0, 0.1) is 12.7 Å². The summed E-state index contributed by atoms with van der Waals surface area (Å²) in [7, 11) is 0. The van der Waals surface area contributed by atoms with E-state index in [2.05, 4.69) is 20.6 Å². The average molecular weight is 376 g/mol. The maximum Gasteiger partial charge on any atom is 0.260 e. The third kappa shape index (κ3) is 4.46. The molecule has 3 aromatic rings. The number of amides is 2. The third-order valence-electron chi connectivity index (χ3n) is 3.10. The number of rotatable bonds is 5. The smallest absolute Gasteiger partial charge is 0.260 e. The van der Waals surface area contributed by atoms with Crippen molar-refractivity contribution in [3.63, 3.8) is 0 Å². The van der Waals surface area contributed by atoms with Crippen LogP contribution in [0.4, 0.5) is 14.7 Å². The summed E-state index contributed by atoms with van der Waals surface area (Å²) in [6, 6.07) is 5.70. The van der Waals surface area contributed by atoms with Crippen molar-refractivity contribution in [3.05, 3.63) is 57.8 Å². The lowest BCUT2D eigenvalue weighted by molar-refractivity contribution is -0.115. The molecule has 0 spiro atoms. The number of anilines is 2. The van der Waals surface area contributed by atoms with E-state index in [9.17, 15) is 14.0 Å². The molecule has 3 rings (SSSR count). The van der Waals surface area contributed by atoms with Crippen LogP contribution in [0.5, 0.6) is 0 Å². The van der Waals surface area contributed by atoms with Gasteiger partial charge >= 0.3 is 0 Å². The van der Waals surface area contributed by atoms with Gasteiger partial charge in [-0.25, -0.2) is 14.4 Å². The molecule has 0 fully saturated rings. The first kappa shape index (κ1) is 17.2. The number of halogens is 1. The zero-order valence-electron chi connectivity index (χ0n) is 13.1. The van der Waals surface area contributed by atoms with Gasteiger partial charge in [0.05, 0.1) is 23.4 Å². The lowest BCUT2D eigenvalue weighted by Gasteiger charge is -2.02. The topological polar surface area (TPSA) is 84.0 Å². The van der Waals surface area contributed by atoms with Gasteiger partial charge in [0.25, 0.3) is 5.91 Å². The minimum atomic E-state index is -0.602. The highest BCUT2D eigenvalue weighted by Gasteiger charge is 2.14. The molecule has 1 aromatic carbocycles. The van der Waals surface area contributed by atoms with Gasteiger partial charge in [-0.3, -0.25) is 14.9 Å². The van der Waals surface area contributed by atoms with E-state index in [1.807, 2.05) is 12.3 Å². The van der Waals surface area contributed by atoms with E-state index in [1.165, 1.54) is 40.9 Å². The Kier molecular flexibility index (Phi) is 5.15. The summed E-state index contributed by atoms with van der Waals surface area (Å²) in [4.78, 5) is 32.3. The highest BCUT2D eigenvalue weighted by molar-refractivity contribution is 7.14. The molecule has 0 saturated heterocycles. The summed E-state index contributed by atoms with van der Waals surface area (Å²) in [5, 5.41) is 9.58. The van der Waals surface area contributed by atoms with Crippen molar-refractivity contribution in [1.29, 1.82) is 0 Å². The number of aromatic nitrogens is 2. The molecule has 0 aliphatic heterocycles. The van der Waals surface area contributed by atoms with Crippen LogP contribution in [0.3, 0.4) is 0 Å². The Balaban J connectivity index is 1.59. The summed E-state index contributed by atoms with van der Waals surface area (Å²) in [6.07, 6.45) is 0.0602. The highest BCUT2D eigenvalue weighted by atomic mass is 32.1. The fourth-order valence-electron chi connectivity index (χ4n) is 1.99. The van der Waals surface area contributed by atoms with Crippen molar-refractivity contribution in [2.45, 2.75) is 13.3 Å². The second-order valence-electron chi connectivity index (χ2n) is 5.10. The molecule has 9 heteroatoms. The third-order valence-corrected chi connectivity index (χ3v) is 4.78. The summed E-state index contributed by atoms with van der Waals surface area (Å²) in [6.45, 7) is 1.84. The van der Waals surface area contributed by atoms with E-state index < -0.39 is 11.7 Å². The van der Waals surface area contributed by atoms with Gasteiger partial charge in [0.15, 0.2) is 10.3 Å². The molecule has 6 nitrogen and oxygen atoms in total. The maximum atomic E-state index is 13.6. The van der Waals surface area contributed by atoms with Crippen molar-refractivity contribution < 1.29 is 14.0 Å². The fraction of sp³-hybridized carbons (Fsp3) is 0.125. The Morgan fingerprint density at radius 1 is 1.08 bits per heavy atom. The molecule has 2 amide bonds. The van der Waals surface area contributed by atoms with Gasteiger partial charge in [-0.1, -0.05) is 12.1 Å². The molecule has 0 aliphatic carbocycles. The summed E-state index contributed by atoms with van der Waals surface area (Å²) >= 11 is 2.52. The molecule has 2 N–H and O–H groups in total. The van der Waals surface area contributed by atoms with Gasteiger partial charge in [-0.05, 0) is 19.1 Å². The molecule has 0 aliphatic rings. The van der Waals surface area contributed by atoms with Crippen molar-refractivity contribution in [1.82, 2.24) is 9.97 Å². The molecule has 0 radical (unpaired) electrons. The normalized spacial score (nSPS) is 10.5. The first-order valence-corrected chi connectivity index (χ1v) is 8.99. The number of carbonyl (C=O) groups excluding carboxylic acids is 2.